The van der Waals surface area contributed by atoms with Crippen LogP contribution in [-0.2, 0) is 19.7 Å². The highest BCUT2D eigenvalue weighted by molar-refractivity contribution is 7.09. The van der Waals surface area contributed by atoms with Gasteiger partial charge in [0.05, 0.1) is 17.6 Å². The fourth-order valence-corrected chi connectivity index (χ4v) is 3.28. The van der Waals surface area contributed by atoms with Gasteiger partial charge in [0.15, 0.2) is 11.5 Å². The highest BCUT2D eigenvalue weighted by atomic mass is 32.1. The maximum atomic E-state index is 6.09. The summed E-state index contributed by atoms with van der Waals surface area (Å²) in [5.41, 5.74) is 2.30. The van der Waals surface area contributed by atoms with Crippen molar-refractivity contribution in [2.24, 2.45) is 0 Å². The Kier molecular flexibility index (Phi) is 5.88. The molecule has 0 aliphatic heterocycles. The van der Waals surface area contributed by atoms with Crippen LogP contribution in [0.5, 0.6) is 11.5 Å². The molecule has 0 radical (unpaired) electrons. The third-order valence-corrected chi connectivity index (χ3v) is 4.69. The lowest BCUT2D eigenvalue weighted by Gasteiger charge is -2.14. The van der Waals surface area contributed by atoms with Crippen LogP contribution in [0, 0.1) is 0 Å². The number of hydrogen-bond acceptors (Lipinski definition) is 3. The number of ether oxygens (including phenoxy) is 2. The summed E-state index contributed by atoms with van der Waals surface area (Å²) >= 11 is 1.79. The molecule has 0 atom stereocenters. The third-order valence-electron chi connectivity index (χ3n) is 3.80. The molecule has 3 rings (SSSR count). The Hall–Kier alpha value is -2.30. The fraction of sp³-hybridized carbons (Fsp3) is 0.200. The average molecular weight is 340 g/mol. The van der Waals surface area contributed by atoms with Crippen molar-refractivity contribution in [2.75, 3.05) is 7.11 Å². The lowest BCUT2D eigenvalue weighted by molar-refractivity contribution is -0.685. The lowest BCUT2D eigenvalue weighted by Crippen LogP contribution is -2.80. The van der Waals surface area contributed by atoms with Crippen LogP contribution in [-0.4, -0.2) is 7.11 Å². The van der Waals surface area contributed by atoms with Crippen molar-refractivity contribution in [1.29, 1.82) is 0 Å². The van der Waals surface area contributed by atoms with Gasteiger partial charge in [0.25, 0.3) is 0 Å². The Balaban J connectivity index is 1.68. The Morgan fingerprint density at radius 1 is 0.917 bits per heavy atom. The van der Waals surface area contributed by atoms with Crippen LogP contribution >= 0.6 is 11.3 Å². The molecule has 0 fully saturated rings. The van der Waals surface area contributed by atoms with E-state index in [4.69, 9.17) is 9.47 Å². The zero-order chi connectivity index (χ0) is 16.6. The molecule has 4 heteroatoms. The van der Waals surface area contributed by atoms with Crippen molar-refractivity contribution in [1.82, 2.24) is 0 Å². The van der Waals surface area contributed by atoms with Gasteiger partial charge in [-0.3, -0.25) is 0 Å². The second kappa shape index (κ2) is 8.52. The zero-order valence-electron chi connectivity index (χ0n) is 13.8. The van der Waals surface area contributed by atoms with E-state index in [2.05, 4.69) is 41.0 Å². The summed E-state index contributed by atoms with van der Waals surface area (Å²) < 4.78 is 11.6. The number of quaternary nitrogens is 1. The smallest absolute Gasteiger partial charge is 0.170 e. The molecule has 0 aliphatic carbocycles. The monoisotopic (exact) mass is 340 g/mol. The number of hydrogen-bond donors (Lipinski definition) is 1. The summed E-state index contributed by atoms with van der Waals surface area (Å²) in [5.74, 6) is 1.62. The second-order valence-corrected chi connectivity index (χ2v) is 6.53. The molecule has 24 heavy (non-hydrogen) atoms. The van der Waals surface area contributed by atoms with E-state index in [0.29, 0.717) is 6.61 Å². The molecule has 0 spiro atoms. The predicted molar refractivity (Wildman–Crippen MR) is 97.4 cm³/mol. The third kappa shape index (κ3) is 4.37. The van der Waals surface area contributed by atoms with Gasteiger partial charge in [-0.25, -0.2) is 0 Å². The first-order valence-corrected chi connectivity index (χ1v) is 8.91. The SMILES string of the molecule is COc1cccc(C[NH2+]Cc2cccs2)c1OCc1ccccc1. The van der Waals surface area contributed by atoms with Crippen LogP contribution in [0.25, 0.3) is 0 Å². The van der Waals surface area contributed by atoms with E-state index in [-0.39, 0.29) is 0 Å². The van der Waals surface area contributed by atoms with Crippen LogP contribution in [0.2, 0.25) is 0 Å². The number of thiophene rings is 1. The molecule has 2 N–H and O–H groups in total. The maximum Gasteiger partial charge on any atom is 0.170 e. The van der Waals surface area contributed by atoms with E-state index in [1.807, 2.05) is 30.3 Å². The highest BCUT2D eigenvalue weighted by Crippen LogP contribution is 2.31. The van der Waals surface area contributed by atoms with Crippen LogP contribution in [0.15, 0.2) is 66.0 Å². The Morgan fingerprint density at radius 2 is 1.79 bits per heavy atom. The summed E-state index contributed by atoms with van der Waals surface area (Å²) in [5, 5.41) is 4.40. The van der Waals surface area contributed by atoms with Gasteiger partial charge in [-0.15, -0.1) is 11.3 Å². The first kappa shape index (κ1) is 16.6. The van der Waals surface area contributed by atoms with E-state index >= 15 is 0 Å². The van der Waals surface area contributed by atoms with E-state index in [1.165, 1.54) is 4.88 Å². The topological polar surface area (TPSA) is 35.1 Å². The molecule has 0 unspecified atom stereocenters. The van der Waals surface area contributed by atoms with Crippen molar-refractivity contribution in [2.45, 2.75) is 19.7 Å². The summed E-state index contributed by atoms with van der Waals surface area (Å²) in [6.45, 7) is 2.38. The lowest BCUT2D eigenvalue weighted by atomic mass is 10.1. The van der Waals surface area contributed by atoms with Crippen molar-refractivity contribution >= 4 is 11.3 Å². The molecule has 0 saturated carbocycles. The molecule has 3 nitrogen and oxygen atoms in total. The second-order valence-electron chi connectivity index (χ2n) is 5.50. The molecule has 1 aromatic heterocycles. The van der Waals surface area contributed by atoms with Gasteiger partial charge < -0.3 is 14.8 Å². The highest BCUT2D eigenvalue weighted by Gasteiger charge is 2.12. The minimum Gasteiger partial charge on any atom is -0.493 e. The van der Waals surface area contributed by atoms with Gasteiger partial charge in [0, 0.05) is 0 Å². The van der Waals surface area contributed by atoms with Crippen LogP contribution in [0.1, 0.15) is 16.0 Å². The zero-order valence-corrected chi connectivity index (χ0v) is 14.6. The standard InChI is InChI=1S/C20H21NO2S/c1-22-19-11-5-9-17(13-21-14-18-10-6-12-24-18)20(19)23-15-16-7-3-2-4-8-16/h2-12,21H,13-15H2,1H3/p+1. The van der Waals surface area contributed by atoms with Gasteiger partial charge in [0.2, 0.25) is 0 Å². The molecule has 1 heterocycles. The maximum absolute atomic E-state index is 6.09. The van der Waals surface area contributed by atoms with Crippen LogP contribution in [0.3, 0.4) is 0 Å². The van der Waals surface area contributed by atoms with Crippen LogP contribution < -0.4 is 14.8 Å². The largest absolute Gasteiger partial charge is 0.493 e. The first-order valence-electron chi connectivity index (χ1n) is 8.03. The molecule has 0 bridgehead atoms. The molecule has 0 amide bonds. The molecule has 2 aromatic carbocycles. The average Bonchev–Trinajstić information content (AvgIpc) is 3.14. The summed E-state index contributed by atoms with van der Waals surface area (Å²) in [6.07, 6.45) is 0. The molecular formula is C20H22NO2S+. The van der Waals surface area contributed by atoms with E-state index in [9.17, 15) is 0 Å². The number of para-hydroxylation sites is 1. The summed E-state index contributed by atoms with van der Waals surface area (Å²) in [6, 6.07) is 20.5. The van der Waals surface area contributed by atoms with Gasteiger partial charge in [-0.05, 0) is 29.1 Å². The quantitative estimate of drug-likeness (QED) is 0.680. The summed E-state index contributed by atoms with van der Waals surface area (Å²) in [4.78, 5) is 1.38. The number of benzene rings is 2. The Morgan fingerprint density at radius 3 is 2.54 bits per heavy atom. The van der Waals surface area contributed by atoms with E-state index in [1.54, 1.807) is 18.4 Å². The summed E-state index contributed by atoms with van der Waals surface area (Å²) in [7, 11) is 1.68. The van der Waals surface area contributed by atoms with Crippen molar-refractivity contribution in [3.05, 3.63) is 82.0 Å². The van der Waals surface area contributed by atoms with Crippen molar-refractivity contribution in [3.63, 3.8) is 0 Å². The minimum absolute atomic E-state index is 0.541. The molecule has 0 aliphatic rings. The molecule has 0 saturated heterocycles. The van der Waals surface area contributed by atoms with Crippen molar-refractivity contribution < 1.29 is 14.8 Å². The fourth-order valence-electron chi connectivity index (χ4n) is 2.57. The molecular weight excluding hydrogens is 318 g/mol. The Labute approximate surface area is 146 Å². The number of rotatable bonds is 8. The number of methoxy groups -OCH3 is 1. The minimum atomic E-state index is 0.541. The predicted octanol–water partition coefficient (Wildman–Crippen LogP) is 3.60. The van der Waals surface area contributed by atoms with E-state index < -0.39 is 0 Å². The van der Waals surface area contributed by atoms with Gasteiger partial charge in [-0.2, -0.15) is 0 Å². The van der Waals surface area contributed by atoms with Gasteiger partial charge in [-0.1, -0.05) is 42.5 Å². The van der Waals surface area contributed by atoms with Gasteiger partial charge in [0.1, 0.15) is 19.7 Å². The molecule has 3 aromatic rings. The van der Waals surface area contributed by atoms with Crippen molar-refractivity contribution in [3.8, 4) is 11.5 Å². The van der Waals surface area contributed by atoms with Gasteiger partial charge >= 0.3 is 0 Å². The number of nitrogens with two attached hydrogens (primary N) is 1. The van der Waals surface area contributed by atoms with Crippen LogP contribution in [0.4, 0.5) is 0 Å². The molecule has 124 valence electrons. The van der Waals surface area contributed by atoms with E-state index in [0.717, 1.165) is 35.7 Å². The Bertz CT molecular complexity index is 742. The first-order chi connectivity index (χ1) is 11.9. The normalized spacial score (nSPS) is 10.5.